The molecule has 2 atom stereocenters. The van der Waals surface area contributed by atoms with Gasteiger partial charge in [-0.05, 0) is 29.3 Å². The average molecular weight is 431 g/mol. The first kappa shape index (κ1) is 18.9. The van der Waals surface area contributed by atoms with Crippen LogP contribution in [0.4, 0.5) is 0 Å². The molecule has 28 heavy (non-hydrogen) atoms. The van der Waals surface area contributed by atoms with Crippen molar-refractivity contribution in [1.29, 1.82) is 0 Å². The van der Waals surface area contributed by atoms with E-state index in [1.165, 1.54) is 6.26 Å². The van der Waals surface area contributed by atoms with Crippen LogP contribution in [0, 0.1) is 0 Å². The van der Waals surface area contributed by atoms with Crippen LogP contribution >= 0.6 is 11.6 Å². The highest BCUT2D eigenvalue weighted by Crippen LogP contribution is 2.27. The minimum Gasteiger partial charge on any atom is -0.251 e. The largest absolute Gasteiger partial charge is 0.251 e. The number of rotatable bonds is 5. The van der Waals surface area contributed by atoms with Crippen molar-refractivity contribution in [2.24, 2.45) is 0 Å². The van der Waals surface area contributed by atoms with E-state index < -0.39 is 21.8 Å². The molecule has 0 aliphatic carbocycles. The van der Waals surface area contributed by atoms with E-state index in [-0.39, 0.29) is 0 Å². The van der Waals surface area contributed by atoms with Crippen molar-refractivity contribution in [2.75, 3.05) is 6.26 Å². The van der Waals surface area contributed by atoms with E-state index in [2.05, 4.69) is 15.0 Å². The second kappa shape index (κ2) is 7.90. The molecular formula is C19H15ClN4O2S2. The van der Waals surface area contributed by atoms with Crippen LogP contribution in [0.5, 0.6) is 0 Å². The highest BCUT2D eigenvalue weighted by Gasteiger charge is 2.16. The van der Waals surface area contributed by atoms with Gasteiger partial charge in [-0.15, -0.1) is 0 Å². The lowest BCUT2D eigenvalue weighted by atomic mass is 10.1. The van der Waals surface area contributed by atoms with Gasteiger partial charge in [0.05, 0.1) is 20.7 Å². The van der Waals surface area contributed by atoms with E-state index in [1.54, 1.807) is 22.6 Å². The first-order valence-electron chi connectivity index (χ1n) is 8.30. The molecule has 2 unspecified atom stereocenters. The molecule has 0 aliphatic rings. The molecule has 4 aromatic rings. The number of hydrogen-bond acceptors (Lipinski definition) is 5. The molecule has 1 aromatic carbocycles. The summed E-state index contributed by atoms with van der Waals surface area (Å²) in [6.07, 6.45) is 8.71. The zero-order valence-electron chi connectivity index (χ0n) is 14.8. The predicted molar refractivity (Wildman–Crippen MR) is 110 cm³/mol. The zero-order valence-corrected chi connectivity index (χ0v) is 17.2. The minimum atomic E-state index is -1.44. The molecule has 142 valence electrons. The molecule has 9 heteroatoms. The van der Waals surface area contributed by atoms with E-state index >= 15 is 0 Å². The Morgan fingerprint density at radius 2 is 1.75 bits per heavy atom. The van der Waals surface area contributed by atoms with Crippen LogP contribution in [0.15, 0.2) is 71.2 Å². The van der Waals surface area contributed by atoms with E-state index in [4.69, 9.17) is 11.6 Å². The fourth-order valence-electron chi connectivity index (χ4n) is 2.84. The lowest BCUT2D eigenvalue weighted by Gasteiger charge is -2.04. The maximum atomic E-state index is 13.1. The number of aromatic nitrogens is 4. The number of benzene rings is 1. The fourth-order valence-corrected chi connectivity index (χ4v) is 4.54. The number of pyridine rings is 1. The monoisotopic (exact) mass is 430 g/mol. The molecule has 0 fully saturated rings. The van der Waals surface area contributed by atoms with Crippen molar-refractivity contribution in [2.45, 2.75) is 16.5 Å². The smallest absolute Gasteiger partial charge is 0.218 e. The number of fused-ring (bicyclic) bond motifs is 1. The quantitative estimate of drug-likeness (QED) is 0.453. The van der Waals surface area contributed by atoms with Gasteiger partial charge in [0, 0.05) is 42.9 Å². The Kier molecular flexibility index (Phi) is 5.34. The van der Waals surface area contributed by atoms with Crippen LogP contribution in [0.3, 0.4) is 0 Å². The molecule has 0 amide bonds. The third-order valence-electron chi connectivity index (χ3n) is 4.12. The Morgan fingerprint density at radius 1 is 1.04 bits per heavy atom. The van der Waals surface area contributed by atoms with Crippen LogP contribution < -0.4 is 0 Å². The zero-order chi connectivity index (χ0) is 19.7. The van der Waals surface area contributed by atoms with Gasteiger partial charge in [0.1, 0.15) is 0 Å². The number of halogens is 1. The minimum absolute atomic E-state index is 0.293. The Labute approximate surface area is 171 Å². The van der Waals surface area contributed by atoms with Crippen molar-refractivity contribution in [1.82, 2.24) is 18.9 Å². The fraction of sp³-hybridized carbons (Fsp3) is 0.105. The Bertz CT molecular complexity index is 1190. The van der Waals surface area contributed by atoms with Gasteiger partial charge >= 0.3 is 0 Å². The molecule has 3 aromatic heterocycles. The van der Waals surface area contributed by atoms with Gasteiger partial charge in [-0.3, -0.25) is 4.21 Å². The van der Waals surface area contributed by atoms with Gasteiger partial charge < -0.3 is 0 Å². The standard InChI is InChI=1S/C19H15ClN4O2S2/c1-27(25)19-22-9-13(10-23-19)7-14-12-24(18-17(14)8-15(20)11-21-18)28(26)16-5-3-2-4-6-16/h2-6,8-12H,7H2,1H3. The normalized spacial score (nSPS) is 13.5. The summed E-state index contributed by atoms with van der Waals surface area (Å²) in [5, 5.41) is 1.62. The maximum Gasteiger partial charge on any atom is 0.218 e. The summed E-state index contributed by atoms with van der Waals surface area (Å²) in [5.74, 6) is 0. The number of nitrogens with zero attached hydrogens (tertiary/aromatic N) is 4. The molecule has 0 N–H and O–H groups in total. The SMILES string of the molecule is CS(=O)c1ncc(Cc2cn(S(=O)c3ccccc3)c3ncc(Cl)cc23)cn1. The Hall–Kier alpha value is -2.42. The lowest BCUT2D eigenvalue weighted by molar-refractivity contribution is 0.677. The molecule has 6 nitrogen and oxygen atoms in total. The predicted octanol–water partition coefficient (Wildman–Crippen LogP) is 3.38. The third kappa shape index (κ3) is 3.76. The van der Waals surface area contributed by atoms with Crippen LogP contribution in [0.2, 0.25) is 5.02 Å². The second-order valence-corrected chi connectivity index (χ2v) is 9.14. The van der Waals surface area contributed by atoms with Crippen LogP contribution in [-0.4, -0.2) is 33.6 Å². The summed E-state index contributed by atoms with van der Waals surface area (Å²) >= 11 is 6.15. The summed E-state index contributed by atoms with van der Waals surface area (Å²) < 4.78 is 26.2. The third-order valence-corrected chi connectivity index (χ3v) is 6.36. The van der Waals surface area contributed by atoms with E-state index in [0.29, 0.717) is 27.1 Å². The van der Waals surface area contributed by atoms with Crippen LogP contribution in [0.1, 0.15) is 11.1 Å². The summed E-state index contributed by atoms with van der Waals surface area (Å²) in [6.45, 7) is 0. The first-order valence-corrected chi connectivity index (χ1v) is 11.3. The van der Waals surface area contributed by atoms with Crippen molar-refractivity contribution in [3.63, 3.8) is 0 Å². The van der Waals surface area contributed by atoms with Crippen molar-refractivity contribution >= 4 is 44.4 Å². The van der Waals surface area contributed by atoms with Crippen molar-refractivity contribution in [3.05, 3.63) is 77.3 Å². The first-order chi connectivity index (χ1) is 13.5. The molecule has 0 saturated heterocycles. The number of hydrogen-bond donors (Lipinski definition) is 0. The molecule has 0 aliphatic heterocycles. The van der Waals surface area contributed by atoms with Crippen molar-refractivity contribution in [3.8, 4) is 0 Å². The molecule has 0 spiro atoms. The van der Waals surface area contributed by atoms with Gasteiger partial charge in [-0.25, -0.2) is 23.1 Å². The molecule has 0 saturated carbocycles. The van der Waals surface area contributed by atoms with Crippen molar-refractivity contribution < 1.29 is 8.42 Å². The Balaban J connectivity index is 1.77. The molecular weight excluding hydrogens is 416 g/mol. The van der Waals surface area contributed by atoms with Crippen LogP contribution in [-0.2, 0) is 28.2 Å². The summed E-state index contributed by atoms with van der Waals surface area (Å²) in [7, 11) is -2.66. The Morgan fingerprint density at radius 3 is 2.43 bits per heavy atom. The maximum absolute atomic E-state index is 13.1. The van der Waals surface area contributed by atoms with Gasteiger partial charge in [0.2, 0.25) is 5.16 Å². The van der Waals surface area contributed by atoms with Gasteiger partial charge in [0.25, 0.3) is 0 Å². The van der Waals surface area contributed by atoms with E-state index in [0.717, 1.165) is 16.5 Å². The average Bonchev–Trinajstić information content (AvgIpc) is 3.06. The van der Waals surface area contributed by atoms with Gasteiger partial charge in [-0.2, -0.15) is 0 Å². The summed E-state index contributed by atoms with van der Waals surface area (Å²) in [6, 6.07) is 11.0. The second-order valence-electron chi connectivity index (χ2n) is 6.07. The lowest BCUT2D eigenvalue weighted by Crippen LogP contribution is -2.04. The molecule has 0 radical (unpaired) electrons. The molecule has 4 rings (SSSR count). The topological polar surface area (TPSA) is 77.7 Å². The highest BCUT2D eigenvalue weighted by atomic mass is 35.5. The van der Waals surface area contributed by atoms with E-state index in [9.17, 15) is 8.42 Å². The summed E-state index contributed by atoms with van der Waals surface area (Å²) in [5.41, 5.74) is 2.34. The molecule has 3 heterocycles. The van der Waals surface area contributed by atoms with E-state index in [1.807, 2.05) is 42.6 Å². The summed E-state index contributed by atoms with van der Waals surface area (Å²) in [4.78, 5) is 13.4. The molecule has 0 bridgehead atoms. The van der Waals surface area contributed by atoms with Gasteiger partial charge in [0.15, 0.2) is 16.6 Å². The van der Waals surface area contributed by atoms with Crippen LogP contribution in [0.25, 0.3) is 11.0 Å². The highest BCUT2D eigenvalue weighted by molar-refractivity contribution is 7.84. The van der Waals surface area contributed by atoms with Gasteiger partial charge in [-0.1, -0.05) is 29.8 Å².